The first-order chi connectivity index (χ1) is 15.0. The highest BCUT2D eigenvalue weighted by molar-refractivity contribution is 7.89. The van der Waals surface area contributed by atoms with Gasteiger partial charge in [-0.1, -0.05) is 12.1 Å². The van der Waals surface area contributed by atoms with Gasteiger partial charge in [-0.3, -0.25) is 5.10 Å². The number of nitrogens with one attached hydrogen (secondary N) is 1. The van der Waals surface area contributed by atoms with Crippen LogP contribution in [-0.4, -0.2) is 53.3 Å². The van der Waals surface area contributed by atoms with Crippen LogP contribution in [0.15, 0.2) is 23.1 Å². The first-order valence-electron chi connectivity index (χ1n) is 11.2. The molecule has 0 saturated carbocycles. The monoisotopic (exact) mass is 461 g/mol. The molecular formula is C23H31N3O5S. The molecule has 3 aliphatic rings. The predicted molar refractivity (Wildman–Crippen MR) is 118 cm³/mol. The van der Waals surface area contributed by atoms with Gasteiger partial charge in [-0.05, 0) is 58.4 Å². The van der Waals surface area contributed by atoms with Crippen molar-refractivity contribution in [2.24, 2.45) is 11.3 Å². The van der Waals surface area contributed by atoms with Crippen LogP contribution in [0, 0.1) is 25.2 Å². The number of sulfonamides is 1. The molecule has 1 aromatic heterocycles. The van der Waals surface area contributed by atoms with Gasteiger partial charge in [0.05, 0.1) is 24.1 Å². The lowest BCUT2D eigenvalue weighted by Crippen LogP contribution is -2.54. The molecule has 174 valence electrons. The Morgan fingerprint density at radius 2 is 1.94 bits per heavy atom. The van der Waals surface area contributed by atoms with Gasteiger partial charge in [-0.25, -0.2) is 8.42 Å². The Morgan fingerprint density at radius 3 is 2.59 bits per heavy atom. The van der Waals surface area contributed by atoms with E-state index < -0.39 is 15.6 Å². The fourth-order valence-corrected chi connectivity index (χ4v) is 7.52. The Hall–Kier alpha value is -2.10. The van der Waals surface area contributed by atoms with Gasteiger partial charge in [-0.2, -0.15) is 9.40 Å². The Labute approximate surface area is 189 Å². The van der Waals surface area contributed by atoms with Crippen molar-refractivity contribution in [2.75, 3.05) is 19.7 Å². The van der Waals surface area contributed by atoms with Gasteiger partial charge in [0, 0.05) is 24.6 Å². The summed E-state index contributed by atoms with van der Waals surface area (Å²) in [6, 6.07) is 5.42. The number of nitrogens with zero attached hydrogens (tertiary/aromatic N) is 2. The quantitative estimate of drug-likeness (QED) is 0.710. The van der Waals surface area contributed by atoms with Crippen LogP contribution in [0.4, 0.5) is 0 Å². The SMILES string of the molecule is Cc1n[nH]c(C)c1S(=O)(=O)N1CCC2(CC1)CO[C@@H]1c3cccc(O)c3OC(C)(C)[C@H]1C2. The number of benzene rings is 1. The second-order valence-electron chi connectivity index (χ2n) is 10.1. The summed E-state index contributed by atoms with van der Waals surface area (Å²) in [6.45, 7) is 9.07. The van der Waals surface area contributed by atoms with Gasteiger partial charge in [-0.15, -0.1) is 0 Å². The molecule has 0 amide bonds. The number of para-hydroxylation sites is 1. The van der Waals surface area contributed by atoms with Crippen molar-refractivity contribution in [3.05, 3.63) is 35.2 Å². The average Bonchev–Trinajstić information content (AvgIpc) is 3.08. The molecule has 1 spiro atoms. The summed E-state index contributed by atoms with van der Waals surface area (Å²) in [5, 5.41) is 17.1. The maximum absolute atomic E-state index is 13.3. The van der Waals surface area contributed by atoms with E-state index in [9.17, 15) is 13.5 Å². The molecule has 0 unspecified atom stereocenters. The minimum Gasteiger partial charge on any atom is -0.504 e. The van der Waals surface area contributed by atoms with Crippen molar-refractivity contribution < 1.29 is 23.0 Å². The Kier molecular flexibility index (Phi) is 4.89. The van der Waals surface area contributed by atoms with Crippen molar-refractivity contribution in [1.82, 2.24) is 14.5 Å². The number of phenolic OH excluding ortho intramolecular Hbond substituents is 1. The highest BCUT2D eigenvalue weighted by Crippen LogP contribution is 2.57. The summed E-state index contributed by atoms with van der Waals surface area (Å²) in [5.41, 5.74) is 1.40. The van der Waals surface area contributed by atoms with Crippen LogP contribution in [0.2, 0.25) is 0 Å². The van der Waals surface area contributed by atoms with E-state index in [1.807, 2.05) is 26.0 Å². The molecule has 1 aromatic carbocycles. The van der Waals surface area contributed by atoms with E-state index in [-0.39, 0.29) is 23.2 Å². The fourth-order valence-electron chi connectivity index (χ4n) is 5.75. The molecule has 9 heteroatoms. The first kappa shape index (κ1) is 21.7. The van der Waals surface area contributed by atoms with Crippen LogP contribution in [0.3, 0.4) is 0 Å². The zero-order chi connectivity index (χ0) is 22.9. The zero-order valence-corrected chi connectivity index (χ0v) is 19.8. The zero-order valence-electron chi connectivity index (χ0n) is 19.0. The standard InChI is InChI=1S/C23H31N3O5S/c1-14-21(15(2)25-24-14)32(28,29)26-10-8-23(9-11-26)12-17-19(30-13-23)16-6-5-7-18(27)20(16)31-22(17,3)4/h5-7,17,19,27H,8-13H2,1-4H3,(H,24,25)/t17-,19+/m0/s1. The van der Waals surface area contributed by atoms with Crippen LogP contribution >= 0.6 is 0 Å². The number of fused-ring (bicyclic) bond motifs is 3. The number of aryl methyl sites for hydroxylation is 2. The molecule has 0 aliphatic carbocycles. The van der Waals surface area contributed by atoms with E-state index in [1.165, 1.54) is 0 Å². The van der Waals surface area contributed by atoms with E-state index in [4.69, 9.17) is 9.47 Å². The summed E-state index contributed by atoms with van der Waals surface area (Å²) in [7, 11) is -3.58. The van der Waals surface area contributed by atoms with Crippen LogP contribution in [0.5, 0.6) is 11.5 Å². The average molecular weight is 462 g/mol. The molecule has 2 atom stereocenters. The third-order valence-corrected chi connectivity index (χ3v) is 9.78. The summed E-state index contributed by atoms with van der Waals surface area (Å²) < 4.78 is 40.8. The lowest BCUT2D eigenvalue weighted by Gasteiger charge is -2.54. The van der Waals surface area contributed by atoms with Crippen LogP contribution in [0.25, 0.3) is 0 Å². The minimum absolute atomic E-state index is 0.0807. The van der Waals surface area contributed by atoms with E-state index in [0.29, 0.717) is 41.7 Å². The summed E-state index contributed by atoms with van der Waals surface area (Å²) in [4.78, 5) is 0.298. The maximum atomic E-state index is 13.3. The molecule has 3 aliphatic heterocycles. The number of hydrogen-bond acceptors (Lipinski definition) is 6. The van der Waals surface area contributed by atoms with Crippen LogP contribution < -0.4 is 4.74 Å². The topological polar surface area (TPSA) is 105 Å². The Morgan fingerprint density at radius 1 is 1.22 bits per heavy atom. The predicted octanol–water partition coefficient (Wildman–Crippen LogP) is 3.45. The molecule has 5 rings (SSSR count). The van der Waals surface area contributed by atoms with Gasteiger partial charge >= 0.3 is 0 Å². The molecule has 4 heterocycles. The molecular weight excluding hydrogens is 430 g/mol. The highest BCUT2D eigenvalue weighted by atomic mass is 32.2. The molecule has 2 saturated heterocycles. The van der Waals surface area contributed by atoms with E-state index >= 15 is 0 Å². The minimum atomic E-state index is -3.58. The van der Waals surface area contributed by atoms with Gasteiger partial charge in [0.1, 0.15) is 10.5 Å². The van der Waals surface area contributed by atoms with Gasteiger partial charge in [0.25, 0.3) is 0 Å². The maximum Gasteiger partial charge on any atom is 0.246 e. The Bertz CT molecular complexity index is 1130. The highest BCUT2D eigenvalue weighted by Gasteiger charge is 2.53. The number of hydrogen-bond donors (Lipinski definition) is 2. The van der Waals surface area contributed by atoms with E-state index in [2.05, 4.69) is 10.2 Å². The van der Waals surface area contributed by atoms with Crippen LogP contribution in [0.1, 0.15) is 56.2 Å². The molecule has 2 fully saturated rings. The number of phenols is 1. The largest absolute Gasteiger partial charge is 0.504 e. The fraction of sp³-hybridized carbons (Fsp3) is 0.609. The summed E-state index contributed by atoms with van der Waals surface area (Å²) in [5.74, 6) is 0.773. The molecule has 0 bridgehead atoms. The number of ether oxygens (including phenoxy) is 2. The second-order valence-corrected chi connectivity index (χ2v) is 12.0. The lowest BCUT2D eigenvalue weighted by molar-refractivity contribution is -0.172. The molecule has 0 radical (unpaired) electrons. The molecule has 8 nitrogen and oxygen atoms in total. The third-order valence-electron chi connectivity index (χ3n) is 7.62. The number of aromatic hydroxyl groups is 1. The molecule has 2 aromatic rings. The third kappa shape index (κ3) is 3.24. The molecule has 32 heavy (non-hydrogen) atoms. The van der Waals surface area contributed by atoms with Gasteiger partial charge < -0.3 is 14.6 Å². The summed E-state index contributed by atoms with van der Waals surface area (Å²) in [6.07, 6.45) is 2.25. The van der Waals surface area contributed by atoms with E-state index in [1.54, 1.807) is 24.2 Å². The van der Waals surface area contributed by atoms with Gasteiger partial charge in [0.2, 0.25) is 10.0 Å². The second kappa shape index (κ2) is 7.20. The number of rotatable bonds is 2. The van der Waals surface area contributed by atoms with Crippen molar-refractivity contribution in [2.45, 2.75) is 63.6 Å². The van der Waals surface area contributed by atoms with Crippen molar-refractivity contribution in [1.29, 1.82) is 0 Å². The number of aromatic nitrogens is 2. The van der Waals surface area contributed by atoms with Crippen molar-refractivity contribution in [3.8, 4) is 11.5 Å². The van der Waals surface area contributed by atoms with Crippen molar-refractivity contribution >= 4 is 10.0 Å². The lowest BCUT2D eigenvalue weighted by atomic mass is 9.64. The van der Waals surface area contributed by atoms with Crippen molar-refractivity contribution in [3.63, 3.8) is 0 Å². The molecule has 2 N–H and O–H groups in total. The van der Waals surface area contributed by atoms with Crippen LogP contribution in [-0.2, 0) is 14.8 Å². The normalized spacial score (nSPS) is 26.9. The van der Waals surface area contributed by atoms with Gasteiger partial charge in [0.15, 0.2) is 11.5 Å². The number of aromatic amines is 1. The van der Waals surface area contributed by atoms with E-state index in [0.717, 1.165) is 24.8 Å². The number of H-pyrrole nitrogens is 1. The Balaban J connectivity index is 1.36. The number of piperidine rings is 1. The first-order valence-corrected chi connectivity index (χ1v) is 12.6. The summed E-state index contributed by atoms with van der Waals surface area (Å²) >= 11 is 0. The smallest absolute Gasteiger partial charge is 0.246 e.